The van der Waals surface area contributed by atoms with E-state index in [0.717, 1.165) is 19.3 Å². The van der Waals surface area contributed by atoms with Crippen molar-refractivity contribution in [3.63, 3.8) is 0 Å². The van der Waals surface area contributed by atoms with E-state index in [1.165, 1.54) is 19.0 Å². The highest BCUT2D eigenvalue weighted by atomic mass is 16.5. The summed E-state index contributed by atoms with van der Waals surface area (Å²) < 4.78 is 9.62. The highest BCUT2D eigenvalue weighted by Crippen LogP contribution is 2.25. The van der Waals surface area contributed by atoms with Crippen LogP contribution in [0.3, 0.4) is 0 Å². The van der Waals surface area contributed by atoms with Crippen molar-refractivity contribution in [2.45, 2.75) is 53.1 Å². The van der Waals surface area contributed by atoms with Crippen LogP contribution in [0.1, 0.15) is 47.0 Å². The minimum Gasteiger partial charge on any atom is -0.469 e. The van der Waals surface area contributed by atoms with Gasteiger partial charge in [0.05, 0.1) is 25.3 Å². The lowest BCUT2D eigenvalue weighted by atomic mass is 10.2. The molecule has 0 aliphatic heterocycles. The van der Waals surface area contributed by atoms with Gasteiger partial charge in [-0.3, -0.25) is 19.4 Å². The quantitative estimate of drug-likeness (QED) is 0.504. The van der Waals surface area contributed by atoms with Crippen LogP contribution < -0.4 is 11.3 Å². The van der Waals surface area contributed by atoms with E-state index in [0.29, 0.717) is 11.2 Å². The molecule has 1 aliphatic rings. The minimum absolute atomic E-state index is 0.00463. The average Bonchev–Trinajstić information content (AvgIpc) is 3.30. The number of H-pyrrole nitrogens is 2. The summed E-state index contributed by atoms with van der Waals surface area (Å²) in [5, 5.41) is 0. The van der Waals surface area contributed by atoms with Gasteiger partial charge in [0.2, 0.25) is 5.95 Å². The lowest BCUT2D eigenvalue weighted by molar-refractivity contribution is -0.152. The fourth-order valence-corrected chi connectivity index (χ4v) is 2.39. The zero-order valence-electron chi connectivity index (χ0n) is 18.2. The Hall–Kier alpha value is -3.17. The number of nitrogens with two attached hydrogens (primary N) is 1. The number of aromatic nitrogens is 4. The third-order valence-corrected chi connectivity index (χ3v) is 4.08. The van der Waals surface area contributed by atoms with Crippen LogP contribution in [-0.2, 0) is 19.1 Å². The summed E-state index contributed by atoms with van der Waals surface area (Å²) in [5.74, 6) is -0.173. The molecule has 2 aromatic heterocycles. The van der Waals surface area contributed by atoms with Gasteiger partial charge in [0, 0.05) is 6.42 Å². The molecule has 1 fully saturated rings. The van der Waals surface area contributed by atoms with Crippen LogP contribution >= 0.6 is 0 Å². The number of hydrogen-bond donors (Lipinski definition) is 3. The Balaban J connectivity index is 0.000000234. The molecule has 0 saturated heterocycles. The summed E-state index contributed by atoms with van der Waals surface area (Å²) in [6.07, 6.45) is 4.32. The lowest BCUT2D eigenvalue weighted by Gasteiger charge is -2.12. The van der Waals surface area contributed by atoms with Crippen LogP contribution in [0.4, 0.5) is 5.95 Å². The maximum atomic E-state index is 11.2. The third kappa shape index (κ3) is 8.06. The smallest absolute Gasteiger partial charge is 0.308 e. The molecule has 0 aromatic carbocycles. The van der Waals surface area contributed by atoms with Gasteiger partial charge in [-0.2, -0.15) is 4.98 Å². The van der Waals surface area contributed by atoms with Crippen LogP contribution in [0.2, 0.25) is 0 Å². The van der Waals surface area contributed by atoms with Gasteiger partial charge in [0.1, 0.15) is 6.10 Å². The SMILES string of the molecule is C=C1CCC(OC(=O)C(C)C)C1.COC(=O)C(C)C.Nc1nc2nc[nH]c2c(=O)[nH]1. The van der Waals surface area contributed by atoms with Gasteiger partial charge in [-0.1, -0.05) is 39.8 Å². The number of rotatable bonds is 3. The number of imidazole rings is 1. The first-order valence-corrected chi connectivity index (χ1v) is 9.68. The van der Waals surface area contributed by atoms with E-state index in [9.17, 15) is 14.4 Å². The molecule has 10 nitrogen and oxygen atoms in total. The molecule has 0 radical (unpaired) electrons. The van der Waals surface area contributed by atoms with Crippen LogP contribution in [0, 0.1) is 11.8 Å². The zero-order chi connectivity index (χ0) is 22.8. The number of nitrogen functional groups attached to an aromatic ring is 1. The Kier molecular flexibility index (Phi) is 9.73. The molecule has 30 heavy (non-hydrogen) atoms. The normalized spacial score (nSPS) is 15.3. The van der Waals surface area contributed by atoms with Gasteiger partial charge in [0.25, 0.3) is 5.56 Å². The predicted octanol–water partition coefficient (Wildman–Crippen LogP) is 2.34. The summed E-state index contributed by atoms with van der Waals surface area (Å²) in [6, 6.07) is 0. The number of carbonyl (C=O) groups is 2. The number of nitrogens with zero attached hydrogens (tertiary/aromatic N) is 2. The van der Waals surface area contributed by atoms with E-state index < -0.39 is 0 Å². The molecule has 1 saturated carbocycles. The Morgan fingerprint density at radius 3 is 2.33 bits per heavy atom. The van der Waals surface area contributed by atoms with E-state index in [1.54, 1.807) is 13.8 Å². The molecule has 10 heteroatoms. The first kappa shape index (κ1) is 24.9. The summed E-state index contributed by atoms with van der Waals surface area (Å²) >= 11 is 0. The first-order chi connectivity index (χ1) is 14.0. The Morgan fingerprint density at radius 2 is 1.87 bits per heavy atom. The topological polar surface area (TPSA) is 153 Å². The molecule has 4 N–H and O–H groups in total. The van der Waals surface area contributed by atoms with Gasteiger partial charge in [-0.15, -0.1) is 0 Å². The van der Waals surface area contributed by atoms with Crippen molar-refractivity contribution < 1.29 is 19.1 Å². The number of ether oxygens (including phenoxy) is 2. The van der Waals surface area contributed by atoms with Crippen molar-refractivity contribution in [1.82, 2.24) is 19.9 Å². The number of esters is 2. The molecule has 1 unspecified atom stereocenters. The monoisotopic (exact) mass is 421 g/mol. The lowest BCUT2D eigenvalue weighted by Crippen LogP contribution is -2.18. The van der Waals surface area contributed by atoms with Gasteiger partial charge < -0.3 is 20.2 Å². The maximum Gasteiger partial charge on any atom is 0.308 e. The van der Waals surface area contributed by atoms with Gasteiger partial charge in [-0.05, 0) is 12.8 Å². The number of aromatic amines is 2. The molecule has 2 heterocycles. The highest BCUT2D eigenvalue weighted by molar-refractivity contribution is 5.72. The number of carbonyl (C=O) groups excluding carboxylic acids is 2. The van der Waals surface area contributed by atoms with E-state index in [2.05, 4.69) is 31.3 Å². The first-order valence-electron chi connectivity index (χ1n) is 9.68. The molecular weight excluding hydrogens is 390 g/mol. The van der Waals surface area contributed by atoms with Crippen molar-refractivity contribution in [2.75, 3.05) is 12.8 Å². The molecule has 3 rings (SSSR count). The number of anilines is 1. The second kappa shape index (κ2) is 11.7. The number of methoxy groups -OCH3 is 1. The fraction of sp³-hybridized carbons (Fsp3) is 0.550. The molecule has 1 aliphatic carbocycles. The standard InChI is InChI=1S/C10H16O2.C5H5N5O.C5H10O2/c1-7(2)10(11)12-9-5-4-8(3)6-9;6-5-9-3-2(4(11)10-5)7-1-8-3;1-4(2)5(6)7-3/h7,9H,3-6H2,1-2H3;1H,(H4,6,7,8,9,10,11);4H,1-3H3. The van der Waals surface area contributed by atoms with Crippen LogP contribution in [0.25, 0.3) is 11.2 Å². The maximum absolute atomic E-state index is 11.2. The zero-order valence-corrected chi connectivity index (χ0v) is 18.2. The molecule has 0 bridgehead atoms. The molecule has 2 aromatic rings. The Morgan fingerprint density at radius 1 is 1.23 bits per heavy atom. The predicted molar refractivity (Wildman–Crippen MR) is 113 cm³/mol. The van der Waals surface area contributed by atoms with E-state index in [-0.39, 0.29) is 41.4 Å². The number of nitrogens with one attached hydrogen (secondary N) is 2. The minimum atomic E-state index is -0.301. The molecule has 1 atom stereocenters. The van der Waals surface area contributed by atoms with Crippen molar-refractivity contribution in [3.05, 3.63) is 28.8 Å². The van der Waals surface area contributed by atoms with Crippen molar-refractivity contribution in [2.24, 2.45) is 11.8 Å². The summed E-state index contributed by atoms with van der Waals surface area (Å²) in [6.45, 7) is 11.2. The van der Waals surface area contributed by atoms with Crippen LogP contribution in [-0.4, -0.2) is 45.1 Å². The van der Waals surface area contributed by atoms with E-state index in [4.69, 9.17) is 10.5 Å². The van der Waals surface area contributed by atoms with Crippen LogP contribution in [0.15, 0.2) is 23.3 Å². The summed E-state index contributed by atoms with van der Waals surface area (Å²) in [5.41, 5.74) is 6.85. The average molecular weight is 421 g/mol. The highest BCUT2D eigenvalue weighted by Gasteiger charge is 2.22. The summed E-state index contributed by atoms with van der Waals surface area (Å²) in [4.78, 5) is 45.0. The van der Waals surface area contributed by atoms with E-state index >= 15 is 0 Å². The Labute approximate surface area is 175 Å². The molecule has 166 valence electrons. The third-order valence-electron chi connectivity index (χ3n) is 4.08. The van der Waals surface area contributed by atoms with Crippen molar-refractivity contribution >= 4 is 29.1 Å². The van der Waals surface area contributed by atoms with Crippen LogP contribution in [0.5, 0.6) is 0 Å². The van der Waals surface area contributed by atoms with Crippen molar-refractivity contribution in [1.29, 1.82) is 0 Å². The fourth-order valence-electron chi connectivity index (χ4n) is 2.39. The summed E-state index contributed by atoms with van der Waals surface area (Å²) in [7, 11) is 1.39. The van der Waals surface area contributed by atoms with E-state index in [1.807, 2.05) is 13.8 Å². The van der Waals surface area contributed by atoms with Crippen molar-refractivity contribution in [3.8, 4) is 0 Å². The molecule has 0 spiro atoms. The molecular formula is C20H31N5O5. The van der Waals surface area contributed by atoms with Gasteiger partial charge >= 0.3 is 11.9 Å². The second-order valence-electron chi connectivity index (χ2n) is 7.44. The van der Waals surface area contributed by atoms with Gasteiger partial charge in [0.15, 0.2) is 11.2 Å². The van der Waals surface area contributed by atoms with Gasteiger partial charge in [-0.25, -0.2) is 4.98 Å². The number of fused-ring (bicyclic) bond motifs is 1. The second-order valence-corrected chi connectivity index (χ2v) is 7.44. The molecule has 0 amide bonds. The largest absolute Gasteiger partial charge is 0.469 e. The Bertz CT molecular complexity index is 916. The number of hydrogen-bond acceptors (Lipinski definition) is 8.